The normalized spacial score (nSPS) is 35.6. The maximum absolute atomic E-state index is 9.23. The minimum absolute atomic E-state index is 0.0756. The van der Waals surface area contributed by atoms with Crippen molar-refractivity contribution in [1.29, 1.82) is 0 Å². The van der Waals surface area contributed by atoms with E-state index in [0.29, 0.717) is 0 Å². The van der Waals surface area contributed by atoms with Crippen molar-refractivity contribution >= 4 is 0 Å². The average molecular weight is 166 g/mol. The summed E-state index contributed by atoms with van der Waals surface area (Å²) in [5, 5.41) is 9.23. The van der Waals surface area contributed by atoms with Crippen LogP contribution in [0.3, 0.4) is 0 Å². The zero-order valence-corrected chi connectivity index (χ0v) is 8.33. The molecule has 0 saturated carbocycles. The summed E-state index contributed by atoms with van der Waals surface area (Å²) in [6.45, 7) is 8.81. The maximum atomic E-state index is 9.23. The van der Waals surface area contributed by atoms with Gasteiger partial charge < -0.3 is 5.11 Å². The van der Waals surface area contributed by atoms with Gasteiger partial charge in [0.2, 0.25) is 0 Å². The molecular formula is C11H18O. The van der Waals surface area contributed by atoms with E-state index >= 15 is 0 Å². The highest BCUT2D eigenvalue weighted by atomic mass is 16.3. The molecule has 0 amide bonds. The highest BCUT2D eigenvalue weighted by Crippen LogP contribution is 2.42. The minimum atomic E-state index is -0.388. The maximum Gasteiger partial charge on any atom is 0.0903 e. The van der Waals surface area contributed by atoms with Gasteiger partial charge in [0.1, 0.15) is 0 Å². The molecule has 0 aliphatic heterocycles. The van der Waals surface area contributed by atoms with Crippen molar-refractivity contribution in [3.8, 4) is 0 Å². The lowest BCUT2D eigenvalue weighted by molar-refractivity contribution is 0.208. The topological polar surface area (TPSA) is 20.2 Å². The van der Waals surface area contributed by atoms with Crippen molar-refractivity contribution in [2.75, 3.05) is 0 Å². The minimum Gasteiger partial charge on any atom is -0.385 e. The lowest BCUT2D eigenvalue weighted by Gasteiger charge is -2.39. The molecule has 1 heteroatoms. The summed E-state index contributed by atoms with van der Waals surface area (Å²) in [5.74, 6) is 0. The lowest BCUT2D eigenvalue weighted by Crippen LogP contribution is -2.31. The van der Waals surface area contributed by atoms with Gasteiger partial charge in [0.05, 0.1) is 6.10 Å². The van der Waals surface area contributed by atoms with Crippen LogP contribution >= 0.6 is 0 Å². The first-order valence-electron chi connectivity index (χ1n) is 4.42. The standard InChI is InChI=1S/C11H18O/c1-10(2,3)11(4)7-5-9(12)6-8-11/h5-9,12H,1-4H3. The Morgan fingerprint density at radius 3 is 1.92 bits per heavy atom. The molecule has 0 aromatic carbocycles. The first kappa shape index (κ1) is 9.53. The first-order chi connectivity index (χ1) is 5.35. The van der Waals surface area contributed by atoms with E-state index in [2.05, 4.69) is 39.8 Å². The number of rotatable bonds is 0. The van der Waals surface area contributed by atoms with E-state index in [4.69, 9.17) is 0 Å². The van der Waals surface area contributed by atoms with Gasteiger partial charge in [-0.15, -0.1) is 0 Å². The van der Waals surface area contributed by atoms with E-state index in [1.165, 1.54) is 0 Å². The number of aliphatic hydroxyl groups is 1. The summed E-state index contributed by atoms with van der Waals surface area (Å²) in [4.78, 5) is 0. The SMILES string of the molecule is CC(C)(C)C1(C)C=CC(O)C=C1. The number of hydrogen-bond donors (Lipinski definition) is 1. The molecule has 0 heterocycles. The lowest BCUT2D eigenvalue weighted by atomic mass is 9.66. The van der Waals surface area contributed by atoms with Crippen LogP contribution in [0.1, 0.15) is 27.7 Å². The molecule has 0 unspecified atom stereocenters. The Kier molecular flexibility index (Phi) is 2.17. The van der Waals surface area contributed by atoms with Crippen LogP contribution in [0.5, 0.6) is 0 Å². The number of hydrogen-bond acceptors (Lipinski definition) is 1. The van der Waals surface area contributed by atoms with E-state index in [-0.39, 0.29) is 16.9 Å². The van der Waals surface area contributed by atoms with E-state index in [1.54, 1.807) is 0 Å². The Labute approximate surface area is 74.8 Å². The summed E-state index contributed by atoms with van der Waals surface area (Å²) in [6.07, 6.45) is 7.51. The molecule has 1 N–H and O–H groups in total. The third-order valence-electron chi connectivity index (χ3n) is 2.90. The van der Waals surface area contributed by atoms with Crippen molar-refractivity contribution in [3.05, 3.63) is 24.3 Å². The van der Waals surface area contributed by atoms with Crippen molar-refractivity contribution in [1.82, 2.24) is 0 Å². The summed E-state index contributed by atoms with van der Waals surface area (Å²) in [5.41, 5.74) is 0.284. The van der Waals surface area contributed by atoms with E-state index in [1.807, 2.05) is 12.2 Å². The predicted octanol–water partition coefficient (Wildman–Crippen LogP) is 2.53. The fraction of sp³-hybridized carbons (Fsp3) is 0.636. The van der Waals surface area contributed by atoms with Crippen molar-refractivity contribution in [2.45, 2.75) is 33.8 Å². The zero-order valence-electron chi connectivity index (χ0n) is 8.33. The Hall–Kier alpha value is -0.560. The van der Waals surface area contributed by atoms with E-state index in [0.717, 1.165) is 0 Å². The smallest absolute Gasteiger partial charge is 0.0903 e. The Morgan fingerprint density at radius 2 is 1.58 bits per heavy atom. The summed E-state index contributed by atoms with van der Waals surface area (Å²) in [6, 6.07) is 0. The van der Waals surface area contributed by atoms with Crippen LogP contribution in [0.25, 0.3) is 0 Å². The second kappa shape index (κ2) is 2.74. The Bertz CT molecular complexity index is 204. The molecule has 0 fully saturated rings. The number of allylic oxidation sites excluding steroid dienone is 2. The van der Waals surface area contributed by atoms with Crippen molar-refractivity contribution in [3.63, 3.8) is 0 Å². The van der Waals surface area contributed by atoms with Gasteiger partial charge in [-0.2, -0.15) is 0 Å². The van der Waals surface area contributed by atoms with Crippen LogP contribution in [-0.4, -0.2) is 11.2 Å². The molecule has 68 valence electrons. The second-order valence-corrected chi connectivity index (χ2v) is 4.74. The molecule has 0 aromatic heterocycles. The zero-order chi connectivity index (χ0) is 9.41. The third-order valence-corrected chi connectivity index (χ3v) is 2.90. The van der Waals surface area contributed by atoms with Crippen LogP contribution in [0.15, 0.2) is 24.3 Å². The molecule has 0 atom stereocenters. The van der Waals surface area contributed by atoms with Crippen LogP contribution in [0.2, 0.25) is 0 Å². The highest BCUT2D eigenvalue weighted by Gasteiger charge is 2.33. The molecule has 1 aliphatic rings. The van der Waals surface area contributed by atoms with Gasteiger partial charge in [-0.1, -0.05) is 52.0 Å². The first-order valence-corrected chi connectivity index (χ1v) is 4.42. The molecule has 1 nitrogen and oxygen atoms in total. The van der Waals surface area contributed by atoms with Gasteiger partial charge in [0, 0.05) is 5.41 Å². The van der Waals surface area contributed by atoms with Crippen LogP contribution < -0.4 is 0 Å². The van der Waals surface area contributed by atoms with E-state index in [9.17, 15) is 5.11 Å². The fourth-order valence-electron chi connectivity index (χ4n) is 1.22. The molecular weight excluding hydrogens is 148 g/mol. The fourth-order valence-corrected chi connectivity index (χ4v) is 1.22. The summed E-state index contributed by atoms with van der Waals surface area (Å²) >= 11 is 0. The molecule has 0 radical (unpaired) electrons. The van der Waals surface area contributed by atoms with Gasteiger partial charge in [-0.25, -0.2) is 0 Å². The van der Waals surface area contributed by atoms with Gasteiger partial charge >= 0.3 is 0 Å². The third kappa shape index (κ3) is 1.61. The predicted molar refractivity (Wildman–Crippen MR) is 51.8 cm³/mol. The monoisotopic (exact) mass is 166 g/mol. The van der Waals surface area contributed by atoms with Crippen molar-refractivity contribution < 1.29 is 5.11 Å². The molecule has 1 rings (SSSR count). The highest BCUT2D eigenvalue weighted by molar-refractivity contribution is 5.23. The molecule has 0 bridgehead atoms. The number of aliphatic hydroxyl groups excluding tert-OH is 1. The Balaban J connectivity index is 2.89. The quantitative estimate of drug-likeness (QED) is 0.548. The van der Waals surface area contributed by atoms with Gasteiger partial charge in [0.25, 0.3) is 0 Å². The molecule has 0 spiro atoms. The van der Waals surface area contributed by atoms with Gasteiger partial charge in [-0.3, -0.25) is 0 Å². The Morgan fingerprint density at radius 1 is 1.17 bits per heavy atom. The molecule has 12 heavy (non-hydrogen) atoms. The molecule has 0 saturated heterocycles. The van der Waals surface area contributed by atoms with E-state index < -0.39 is 0 Å². The van der Waals surface area contributed by atoms with Crippen LogP contribution in [0, 0.1) is 10.8 Å². The molecule has 0 aromatic rings. The van der Waals surface area contributed by atoms with Crippen molar-refractivity contribution in [2.24, 2.45) is 10.8 Å². The average Bonchev–Trinajstić information content (AvgIpc) is 1.93. The second-order valence-electron chi connectivity index (χ2n) is 4.74. The molecule has 1 aliphatic carbocycles. The summed E-state index contributed by atoms with van der Waals surface area (Å²) in [7, 11) is 0. The van der Waals surface area contributed by atoms with Gasteiger partial charge in [0.15, 0.2) is 0 Å². The largest absolute Gasteiger partial charge is 0.385 e. The van der Waals surface area contributed by atoms with Crippen LogP contribution in [-0.2, 0) is 0 Å². The summed E-state index contributed by atoms with van der Waals surface area (Å²) < 4.78 is 0. The van der Waals surface area contributed by atoms with Crippen LogP contribution in [0.4, 0.5) is 0 Å². The van der Waals surface area contributed by atoms with Gasteiger partial charge in [-0.05, 0) is 5.41 Å².